The van der Waals surface area contributed by atoms with Crippen LogP contribution in [0.25, 0.3) is 5.65 Å². The van der Waals surface area contributed by atoms with Crippen molar-refractivity contribution in [1.29, 1.82) is 0 Å². The van der Waals surface area contributed by atoms with Crippen molar-refractivity contribution >= 4 is 17.2 Å². The topological polar surface area (TPSA) is 33.4 Å². The molecule has 1 unspecified atom stereocenters. The molecule has 1 aliphatic rings. The largest absolute Gasteiger partial charge is 0.303 e. The van der Waals surface area contributed by atoms with E-state index in [1.165, 1.54) is 19.4 Å². The van der Waals surface area contributed by atoms with Crippen molar-refractivity contribution in [3.05, 3.63) is 29.2 Å². The van der Waals surface area contributed by atoms with Gasteiger partial charge in [-0.05, 0) is 38.1 Å². The molecule has 2 aromatic heterocycles. The van der Waals surface area contributed by atoms with Gasteiger partial charge in [-0.15, -0.1) is 10.2 Å². The number of nitrogens with zero attached hydrogens (tertiary/aromatic N) is 4. The number of rotatable bonds is 2. The lowest BCUT2D eigenvalue weighted by molar-refractivity contribution is 0.213. The first kappa shape index (κ1) is 11.9. The normalized spacial score (nSPS) is 21.6. The van der Waals surface area contributed by atoms with E-state index in [1.807, 2.05) is 22.7 Å². The van der Waals surface area contributed by atoms with Crippen molar-refractivity contribution in [2.45, 2.75) is 25.7 Å². The van der Waals surface area contributed by atoms with Crippen molar-refractivity contribution in [3.8, 4) is 0 Å². The number of likely N-dealkylation sites (N-methyl/N-ethyl adjacent to an activating group) is 1. The lowest BCUT2D eigenvalue weighted by atomic mass is 9.97. The molecule has 0 spiro atoms. The predicted molar refractivity (Wildman–Crippen MR) is 72.1 cm³/mol. The van der Waals surface area contributed by atoms with E-state index in [-0.39, 0.29) is 0 Å². The molecule has 1 fully saturated rings. The Balaban J connectivity index is 1.96. The molecule has 2 aromatic rings. The average molecular weight is 265 g/mol. The molecular formula is C13H17ClN4. The number of hydrogen-bond donors (Lipinski definition) is 0. The Morgan fingerprint density at radius 3 is 3.17 bits per heavy atom. The van der Waals surface area contributed by atoms with E-state index in [9.17, 15) is 0 Å². The number of hydrogen-bond acceptors (Lipinski definition) is 3. The summed E-state index contributed by atoms with van der Waals surface area (Å²) in [6.07, 6.45) is 4.42. The lowest BCUT2D eigenvalue weighted by Gasteiger charge is -2.30. The van der Waals surface area contributed by atoms with Crippen molar-refractivity contribution in [2.75, 3.05) is 19.6 Å². The number of halogens is 1. The second-order valence-electron chi connectivity index (χ2n) is 4.84. The third-order valence-electron chi connectivity index (χ3n) is 3.73. The van der Waals surface area contributed by atoms with Crippen LogP contribution in [0.1, 0.15) is 31.5 Å². The molecule has 0 aliphatic carbocycles. The first-order chi connectivity index (χ1) is 8.79. The summed E-state index contributed by atoms with van der Waals surface area (Å²) in [6, 6.07) is 3.80. The van der Waals surface area contributed by atoms with Crippen LogP contribution in [-0.4, -0.2) is 39.1 Å². The molecule has 3 heterocycles. The summed E-state index contributed by atoms with van der Waals surface area (Å²) < 4.78 is 2.03. The number of aromatic nitrogens is 3. The number of piperidine rings is 1. The molecule has 0 saturated carbocycles. The summed E-state index contributed by atoms with van der Waals surface area (Å²) in [5.41, 5.74) is 0.766. The highest BCUT2D eigenvalue weighted by atomic mass is 35.5. The Bertz CT molecular complexity index is 551. The molecule has 0 amide bonds. The van der Waals surface area contributed by atoms with E-state index < -0.39 is 0 Å². The summed E-state index contributed by atoms with van der Waals surface area (Å²) in [5, 5.41) is 9.22. The molecule has 5 heteroatoms. The SMILES string of the molecule is CCN1CCCC(c2nnc3c(Cl)cccn23)C1. The zero-order chi connectivity index (χ0) is 12.5. The fraction of sp³-hybridized carbons (Fsp3) is 0.538. The van der Waals surface area contributed by atoms with Crippen LogP contribution in [0, 0.1) is 0 Å². The quantitative estimate of drug-likeness (QED) is 0.836. The number of fused-ring (bicyclic) bond motifs is 1. The standard InChI is InChI=1S/C13H17ClN4/c1-2-17-7-3-5-10(9-17)12-15-16-13-11(14)6-4-8-18(12)13/h4,6,8,10H,2-3,5,7,9H2,1H3. The third kappa shape index (κ3) is 1.99. The van der Waals surface area contributed by atoms with E-state index in [1.54, 1.807) is 0 Å². The minimum Gasteiger partial charge on any atom is -0.303 e. The Kier molecular flexibility index (Phi) is 3.22. The van der Waals surface area contributed by atoms with Gasteiger partial charge in [0.1, 0.15) is 5.82 Å². The Morgan fingerprint density at radius 2 is 2.33 bits per heavy atom. The molecule has 18 heavy (non-hydrogen) atoms. The van der Waals surface area contributed by atoms with Crippen LogP contribution in [0.2, 0.25) is 5.02 Å². The van der Waals surface area contributed by atoms with Crippen LogP contribution in [0.3, 0.4) is 0 Å². The molecular weight excluding hydrogens is 248 g/mol. The van der Waals surface area contributed by atoms with Gasteiger partial charge in [0.05, 0.1) is 5.02 Å². The predicted octanol–water partition coefficient (Wildman–Crippen LogP) is 2.58. The minimum absolute atomic E-state index is 0.465. The smallest absolute Gasteiger partial charge is 0.179 e. The highest BCUT2D eigenvalue weighted by Gasteiger charge is 2.24. The molecule has 1 aliphatic heterocycles. The summed E-state index contributed by atoms with van der Waals surface area (Å²) in [5.74, 6) is 1.51. The van der Waals surface area contributed by atoms with Gasteiger partial charge in [-0.1, -0.05) is 18.5 Å². The average Bonchev–Trinajstić information content (AvgIpc) is 2.84. The molecule has 0 N–H and O–H groups in total. The van der Waals surface area contributed by atoms with Gasteiger partial charge in [-0.25, -0.2) is 0 Å². The first-order valence-corrected chi connectivity index (χ1v) is 6.89. The van der Waals surface area contributed by atoms with E-state index >= 15 is 0 Å². The second-order valence-corrected chi connectivity index (χ2v) is 5.25. The summed E-state index contributed by atoms with van der Waals surface area (Å²) in [7, 11) is 0. The van der Waals surface area contributed by atoms with Gasteiger partial charge in [0.2, 0.25) is 0 Å². The number of pyridine rings is 1. The number of likely N-dealkylation sites (tertiary alicyclic amines) is 1. The molecule has 0 aromatic carbocycles. The molecule has 0 radical (unpaired) electrons. The maximum atomic E-state index is 6.13. The van der Waals surface area contributed by atoms with Gasteiger partial charge in [-0.3, -0.25) is 4.40 Å². The van der Waals surface area contributed by atoms with Crippen molar-refractivity contribution in [2.24, 2.45) is 0 Å². The molecule has 1 atom stereocenters. The minimum atomic E-state index is 0.465. The van der Waals surface area contributed by atoms with Crippen LogP contribution < -0.4 is 0 Å². The third-order valence-corrected chi connectivity index (χ3v) is 4.03. The van der Waals surface area contributed by atoms with Crippen LogP contribution in [0.5, 0.6) is 0 Å². The maximum Gasteiger partial charge on any atom is 0.179 e. The molecule has 1 saturated heterocycles. The summed E-state index contributed by atoms with van der Waals surface area (Å²) in [4.78, 5) is 2.47. The van der Waals surface area contributed by atoms with Gasteiger partial charge in [0.15, 0.2) is 5.65 Å². The van der Waals surface area contributed by atoms with Crippen LogP contribution in [0.15, 0.2) is 18.3 Å². The monoisotopic (exact) mass is 264 g/mol. The Hall–Kier alpha value is -1.13. The highest BCUT2D eigenvalue weighted by molar-refractivity contribution is 6.33. The van der Waals surface area contributed by atoms with E-state index in [0.717, 1.165) is 24.6 Å². The van der Waals surface area contributed by atoms with Crippen molar-refractivity contribution < 1.29 is 0 Å². The van der Waals surface area contributed by atoms with E-state index in [4.69, 9.17) is 11.6 Å². The van der Waals surface area contributed by atoms with Crippen molar-refractivity contribution in [1.82, 2.24) is 19.5 Å². The fourth-order valence-corrected chi connectivity index (χ4v) is 2.93. The van der Waals surface area contributed by atoms with E-state index in [0.29, 0.717) is 10.9 Å². The maximum absolute atomic E-state index is 6.13. The summed E-state index contributed by atoms with van der Waals surface area (Å²) in [6.45, 7) is 5.59. The van der Waals surface area contributed by atoms with Gasteiger partial charge in [-0.2, -0.15) is 0 Å². The van der Waals surface area contributed by atoms with Crippen LogP contribution in [0.4, 0.5) is 0 Å². The first-order valence-electron chi connectivity index (χ1n) is 6.51. The Labute approximate surface area is 112 Å². The van der Waals surface area contributed by atoms with Crippen LogP contribution >= 0.6 is 11.6 Å². The van der Waals surface area contributed by atoms with Gasteiger partial charge in [0.25, 0.3) is 0 Å². The highest BCUT2D eigenvalue weighted by Crippen LogP contribution is 2.27. The van der Waals surface area contributed by atoms with E-state index in [2.05, 4.69) is 22.0 Å². The van der Waals surface area contributed by atoms with Crippen molar-refractivity contribution in [3.63, 3.8) is 0 Å². The second kappa shape index (κ2) is 4.86. The Morgan fingerprint density at radius 1 is 1.44 bits per heavy atom. The van der Waals surface area contributed by atoms with Gasteiger partial charge < -0.3 is 4.90 Å². The van der Waals surface area contributed by atoms with Gasteiger partial charge >= 0.3 is 0 Å². The molecule has 4 nitrogen and oxygen atoms in total. The summed E-state index contributed by atoms with van der Waals surface area (Å²) >= 11 is 6.13. The fourth-order valence-electron chi connectivity index (χ4n) is 2.73. The zero-order valence-corrected chi connectivity index (χ0v) is 11.3. The molecule has 0 bridgehead atoms. The van der Waals surface area contributed by atoms with Crippen LogP contribution in [-0.2, 0) is 0 Å². The van der Waals surface area contributed by atoms with Gasteiger partial charge in [0, 0.05) is 18.7 Å². The molecule has 3 rings (SSSR count). The zero-order valence-electron chi connectivity index (χ0n) is 10.5. The molecule has 96 valence electrons. The lowest BCUT2D eigenvalue weighted by Crippen LogP contribution is -2.34.